The number of hydrogen-bond donors (Lipinski definition) is 9. The number of rotatable bonds is 27. The van der Waals surface area contributed by atoms with Crippen LogP contribution in [0.3, 0.4) is 0 Å². The minimum Gasteiger partial charge on any atom is -0.479 e. The normalized spacial score (nSPS) is 33.2. The molecule has 26 nitrogen and oxygen atoms in total. The van der Waals surface area contributed by atoms with Crippen molar-refractivity contribution in [2.24, 2.45) is 11.1 Å². The number of hydrogen-bond acceptors (Lipinski definition) is 23. The van der Waals surface area contributed by atoms with Crippen molar-refractivity contribution < 1.29 is 107 Å². The second-order valence-electron chi connectivity index (χ2n) is 14.1. The van der Waals surface area contributed by atoms with Gasteiger partial charge in [0, 0.05) is 56.2 Å². The van der Waals surface area contributed by atoms with Crippen LogP contribution in [0.1, 0.15) is 33.6 Å². The number of carbonyl (C=O) groups is 3. The minimum absolute atomic E-state index is 0.00182. The summed E-state index contributed by atoms with van der Waals surface area (Å²) in [5.74, 6) is -1.60. The number of ether oxygens (including phenoxy) is 6. The molecule has 0 aliphatic carbocycles. The third-order valence-corrected chi connectivity index (χ3v) is 12.9. The molecular formula is C33H57N3O23S4. The van der Waals surface area contributed by atoms with E-state index in [1.807, 2.05) is 0 Å². The fourth-order valence-electron chi connectivity index (χ4n) is 6.39. The van der Waals surface area contributed by atoms with Crippen LogP contribution >= 0.6 is 23.5 Å². The number of aliphatic hydroxyl groups excluding tert-OH is 4. The lowest BCUT2D eigenvalue weighted by Gasteiger charge is -2.46. The summed E-state index contributed by atoms with van der Waals surface area (Å²) in [5, 5.41) is 63.5. The lowest BCUT2D eigenvalue weighted by molar-refractivity contribution is -0.353. The highest BCUT2D eigenvalue weighted by molar-refractivity contribution is 8.03. The van der Waals surface area contributed by atoms with Crippen LogP contribution in [-0.2, 0) is 76.8 Å². The molecule has 3 aliphatic heterocycles. The van der Waals surface area contributed by atoms with Crippen molar-refractivity contribution in [3.05, 3.63) is 0 Å². The second-order valence-corrected chi connectivity index (χ2v) is 18.9. The molecular weight excluding hydrogens is 935 g/mol. The number of methoxy groups -OCH3 is 1. The Bertz CT molecular complexity index is 1700. The first kappa shape index (κ1) is 55.2. The van der Waals surface area contributed by atoms with Crippen molar-refractivity contribution in [2.75, 3.05) is 57.3 Å². The number of carbonyl (C=O) groups excluding carboxylic acids is 2. The van der Waals surface area contributed by atoms with Gasteiger partial charge in [-0.25, -0.2) is 13.2 Å². The van der Waals surface area contributed by atoms with E-state index in [1.165, 1.54) is 30.4 Å². The van der Waals surface area contributed by atoms with Gasteiger partial charge >= 0.3 is 26.8 Å². The van der Waals surface area contributed by atoms with Gasteiger partial charge in [0.1, 0.15) is 61.5 Å². The first-order valence-corrected chi connectivity index (χ1v) is 24.4. The number of aliphatic hydroxyl groups is 4. The largest absolute Gasteiger partial charge is 0.479 e. The van der Waals surface area contributed by atoms with E-state index in [4.69, 9.17) is 37.8 Å². The molecule has 3 heterocycles. The van der Waals surface area contributed by atoms with Crippen molar-refractivity contribution in [1.29, 1.82) is 0 Å². The number of thioether (sulfide) groups is 2. The van der Waals surface area contributed by atoms with E-state index in [2.05, 4.69) is 24.2 Å². The van der Waals surface area contributed by atoms with E-state index in [9.17, 15) is 61.3 Å². The number of oxime groups is 1. The standard InChI is InChI=1S/C33H57N3O23S4/c1-5-34-21(37)7-9-60-15-17(61-10-8-22(38)35-6-2)12-52-36-11-18-24(40)28(20(55-18)14-54-63(48,49)50)57-33-26(42)25(41)29(30(59-33)31(43)44)58-32-16(3)23(39)27(51-4)19(56-32)13-53-62(45,46)47/h11,16-20,23-30,32-33,39-42H,5-10,12-15H2,1-4H3,(H,34,37)(H,35,38)(H,43,44)(H,45,46,47)(H,48,49,50)/b36-11-/t16?,17?,18-,19?,20+,23+,24?,25+,26?,27+,28-,29-,30?,32-,33+/m0/s1. The Morgan fingerprint density at radius 2 is 1.35 bits per heavy atom. The molecule has 6 unspecified atom stereocenters. The van der Waals surface area contributed by atoms with Gasteiger partial charge in [0.15, 0.2) is 18.7 Å². The molecule has 3 rings (SSSR count). The van der Waals surface area contributed by atoms with Crippen molar-refractivity contribution in [3.8, 4) is 0 Å². The maximum absolute atomic E-state index is 12.5. The van der Waals surface area contributed by atoms with Crippen LogP contribution in [0.15, 0.2) is 5.16 Å². The van der Waals surface area contributed by atoms with Gasteiger partial charge in [0.05, 0.1) is 30.8 Å². The van der Waals surface area contributed by atoms with E-state index in [0.717, 1.165) is 13.3 Å². The average Bonchev–Trinajstić information content (AvgIpc) is 3.49. The number of aliphatic carboxylic acids is 1. The summed E-state index contributed by atoms with van der Waals surface area (Å²) in [6, 6.07) is 0. The van der Waals surface area contributed by atoms with Gasteiger partial charge in [0.2, 0.25) is 11.8 Å². The number of carboxylic acid groups (broad SMARTS) is 1. The summed E-state index contributed by atoms with van der Waals surface area (Å²) < 4.78 is 106. The van der Waals surface area contributed by atoms with Gasteiger partial charge in [-0.3, -0.25) is 18.7 Å². The minimum atomic E-state index is -5.09. The Labute approximate surface area is 372 Å². The van der Waals surface area contributed by atoms with Crippen LogP contribution in [0, 0.1) is 5.92 Å². The fourth-order valence-corrected chi connectivity index (χ4v) is 9.32. The Morgan fingerprint density at radius 3 is 1.90 bits per heavy atom. The zero-order chi connectivity index (χ0) is 47.1. The lowest BCUT2D eigenvalue weighted by atomic mass is 9.91. The molecule has 0 bridgehead atoms. The third-order valence-electron chi connectivity index (χ3n) is 9.51. The third kappa shape index (κ3) is 17.9. The van der Waals surface area contributed by atoms with Gasteiger partial charge < -0.3 is 69.4 Å². The lowest BCUT2D eigenvalue weighted by Crippen LogP contribution is -2.65. The van der Waals surface area contributed by atoms with E-state index >= 15 is 0 Å². The first-order valence-electron chi connectivity index (χ1n) is 19.5. The van der Waals surface area contributed by atoms with Crippen LogP contribution in [0.2, 0.25) is 0 Å². The van der Waals surface area contributed by atoms with E-state index in [1.54, 1.807) is 13.8 Å². The number of carboxylic acids is 1. The van der Waals surface area contributed by atoms with Gasteiger partial charge in [0.25, 0.3) is 0 Å². The predicted octanol–water partition coefficient (Wildman–Crippen LogP) is -3.32. The molecule has 0 saturated carbocycles. The summed E-state index contributed by atoms with van der Waals surface area (Å²) in [7, 11) is -8.91. The molecule has 0 aromatic carbocycles. The smallest absolute Gasteiger partial charge is 0.397 e. The molecule has 0 spiro atoms. The van der Waals surface area contributed by atoms with Gasteiger partial charge in [-0.05, 0) is 13.8 Å². The van der Waals surface area contributed by atoms with E-state index < -0.39 is 126 Å². The summed E-state index contributed by atoms with van der Waals surface area (Å²) in [4.78, 5) is 41.7. The molecule has 63 heavy (non-hydrogen) atoms. The molecule has 9 N–H and O–H groups in total. The summed E-state index contributed by atoms with van der Waals surface area (Å²) in [5.41, 5.74) is 0. The second kappa shape index (κ2) is 26.3. The summed E-state index contributed by atoms with van der Waals surface area (Å²) in [6.07, 6.45) is -21.4. The number of nitrogens with one attached hydrogen (secondary N) is 2. The quantitative estimate of drug-likeness (QED) is 0.0168. The fraction of sp³-hybridized carbons (Fsp3) is 0.879. The molecule has 3 aliphatic rings. The number of amides is 2. The molecule has 2 amide bonds. The molecule has 0 aromatic rings. The van der Waals surface area contributed by atoms with Crippen molar-refractivity contribution in [3.63, 3.8) is 0 Å². The van der Waals surface area contributed by atoms with Gasteiger partial charge in [-0.15, -0.1) is 0 Å². The van der Waals surface area contributed by atoms with Gasteiger partial charge in [-0.1, -0.05) is 12.1 Å². The maximum atomic E-state index is 12.5. The highest BCUT2D eigenvalue weighted by Crippen LogP contribution is 2.35. The Kier molecular flexibility index (Phi) is 23.1. The van der Waals surface area contributed by atoms with E-state index in [0.29, 0.717) is 36.8 Å². The SMILES string of the molecule is CCNC(=O)CCSCC(CO/N=C\[C@@H]1O[C@H](COS(=O)(=O)O)[C@H](O[C@@H]2OC(C(=O)O)[C@@H](O[C@@H]3OC(COS(=O)(=O)O)[C@@H](OC)[C@H](O)C3C)[C@H](O)C2O)C1O)SCCC(=O)NCC. The van der Waals surface area contributed by atoms with Crippen LogP contribution in [0.5, 0.6) is 0 Å². The highest BCUT2D eigenvalue weighted by Gasteiger charge is 2.55. The van der Waals surface area contributed by atoms with Gasteiger partial charge in [-0.2, -0.15) is 40.4 Å². The Morgan fingerprint density at radius 1 is 0.778 bits per heavy atom. The van der Waals surface area contributed by atoms with Crippen LogP contribution in [-0.4, -0.2) is 218 Å². The zero-order valence-corrected chi connectivity index (χ0v) is 37.8. The maximum Gasteiger partial charge on any atom is 0.397 e. The average molecular weight is 992 g/mol. The molecule has 3 fully saturated rings. The molecule has 0 aromatic heterocycles. The molecule has 15 atom stereocenters. The summed E-state index contributed by atoms with van der Waals surface area (Å²) in [6.45, 7) is 4.07. The van der Waals surface area contributed by atoms with Crippen LogP contribution < -0.4 is 10.6 Å². The monoisotopic (exact) mass is 991 g/mol. The van der Waals surface area contributed by atoms with Crippen LogP contribution in [0.4, 0.5) is 0 Å². The zero-order valence-electron chi connectivity index (χ0n) is 34.6. The van der Waals surface area contributed by atoms with E-state index in [-0.39, 0.29) is 30.1 Å². The Balaban J connectivity index is 1.73. The highest BCUT2D eigenvalue weighted by atomic mass is 32.3. The summed E-state index contributed by atoms with van der Waals surface area (Å²) >= 11 is 2.91. The molecule has 0 radical (unpaired) electrons. The predicted molar refractivity (Wildman–Crippen MR) is 217 cm³/mol. The van der Waals surface area contributed by atoms with Crippen molar-refractivity contribution >= 4 is 68.3 Å². The topological polar surface area (TPSA) is 381 Å². The van der Waals surface area contributed by atoms with Crippen LogP contribution in [0.25, 0.3) is 0 Å². The number of nitrogens with zero attached hydrogens (tertiary/aromatic N) is 1. The Hall–Kier alpha value is -2.08. The van der Waals surface area contributed by atoms with Crippen molar-refractivity contribution in [2.45, 2.75) is 119 Å². The van der Waals surface area contributed by atoms with Crippen molar-refractivity contribution in [1.82, 2.24) is 10.6 Å². The first-order chi connectivity index (χ1) is 29.6. The molecule has 30 heteroatoms. The molecule has 366 valence electrons. The molecule has 3 saturated heterocycles.